The number of ether oxygens (including phenoxy) is 1. The predicted octanol–water partition coefficient (Wildman–Crippen LogP) is 5.86. The third kappa shape index (κ3) is 7.21. The van der Waals surface area contributed by atoms with E-state index in [9.17, 15) is 14.4 Å². The molecule has 236 valence electrons. The molecule has 0 aliphatic carbocycles. The van der Waals surface area contributed by atoms with E-state index in [-0.39, 0.29) is 17.7 Å². The summed E-state index contributed by atoms with van der Waals surface area (Å²) >= 11 is 6.32. The number of halogens is 1. The average Bonchev–Trinajstić information content (AvgIpc) is 3.08. The maximum atomic E-state index is 13.5. The van der Waals surface area contributed by atoms with Crippen LogP contribution in [0, 0.1) is 0 Å². The summed E-state index contributed by atoms with van der Waals surface area (Å²) in [5, 5.41) is 12.3. The van der Waals surface area contributed by atoms with Crippen molar-refractivity contribution in [1.29, 1.82) is 0 Å². The standard InChI is InChI=1S/C34H34ClN7O4/c1-46-29-19-23(9-12-27(29)39-34-36-20-26(35)31(41-34)38-24-5-3-2-4-6-24)33(45)42-17-15-22(16-18-42)21-7-10-25(11-8-21)37-28-13-14-30(43)40-32(28)44/h2-12,19-20,22,28,37H,13-18H2,1H3,(H,40,43,44)(H2,36,38,39,41). The second kappa shape index (κ2) is 13.9. The number of aromatic nitrogens is 2. The van der Waals surface area contributed by atoms with Gasteiger partial charge in [0.1, 0.15) is 16.8 Å². The van der Waals surface area contributed by atoms with Crippen LogP contribution in [0.5, 0.6) is 5.75 Å². The van der Waals surface area contributed by atoms with Crippen molar-refractivity contribution in [3.8, 4) is 5.75 Å². The van der Waals surface area contributed by atoms with Gasteiger partial charge in [-0.2, -0.15) is 4.98 Å². The summed E-state index contributed by atoms with van der Waals surface area (Å²) in [6.45, 7) is 1.27. The van der Waals surface area contributed by atoms with Crippen LogP contribution >= 0.6 is 11.6 Å². The normalized spacial score (nSPS) is 16.8. The largest absolute Gasteiger partial charge is 0.495 e. The van der Waals surface area contributed by atoms with Gasteiger partial charge in [0, 0.05) is 36.4 Å². The molecule has 1 atom stereocenters. The van der Waals surface area contributed by atoms with Gasteiger partial charge in [0.25, 0.3) is 5.91 Å². The Hall–Kier alpha value is -5.16. The minimum absolute atomic E-state index is 0.0517. The lowest BCUT2D eigenvalue weighted by Crippen LogP contribution is -2.47. The minimum Gasteiger partial charge on any atom is -0.495 e. The van der Waals surface area contributed by atoms with Crippen LogP contribution in [0.15, 0.2) is 79.0 Å². The van der Waals surface area contributed by atoms with Gasteiger partial charge in [-0.15, -0.1) is 0 Å². The highest BCUT2D eigenvalue weighted by atomic mass is 35.5. The average molecular weight is 640 g/mol. The third-order valence-electron chi connectivity index (χ3n) is 8.22. The van der Waals surface area contributed by atoms with Crippen molar-refractivity contribution < 1.29 is 19.1 Å². The van der Waals surface area contributed by atoms with E-state index in [1.165, 1.54) is 11.8 Å². The fraction of sp³-hybridized carbons (Fsp3) is 0.265. The van der Waals surface area contributed by atoms with Gasteiger partial charge in [0.05, 0.1) is 19.0 Å². The van der Waals surface area contributed by atoms with Gasteiger partial charge in [0.15, 0.2) is 5.82 Å². The smallest absolute Gasteiger partial charge is 0.253 e. The number of nitrogens with one attached hydrogen (secondary N) is 4. The van der Waals surface area contributed by atoms with Gasteiger partial charge >= 0.3 is 0 Å². The molecule has 12 heteroatoms. The molecule has 1 aromatic heterocycles. The summed E-state index contributed by atoms with van der Waals surface area (Å²) in [7, 11) is 1.55. The summed E-state index contributed by atoms with van der Waals surface area (Å²) < 4.78 is 5.62. The summed E-state index contributed by atoms with van der Waals surface area (Å²) in [5.74, 6) is 1.03. The molecule has 1 unspecified atom stereocenters. The number of hydrogen-bond acceptors (Lipinski definition) is 9. The van der Waals surface area contributed by atoms with Gasteiger partial charge in [-0.3, -0.25) is 19.7 Å². The van der Waals surface area contributed by atoms with Crippen molar-refractivity contribution in [3.05, 3.63) is 95.1 Å². The van der Waals surface area contributed by atoms with Crippen LogP contribution in [0.1, 0.15) is 47.5 Å². The van der Waals surface area contributed by atoms with Gasteiger partial charge in [0.2, 0.25) is 17.8 Å². The van der Waals surface area contributed by atoms with Crippen LogP contribution in [0.4, 0.5) is 28.8 Å². The van der Waals surface area contributed by atoms with E-state index >= 15 is 0 Å². The number of rotatable bonds is 9. The monoisotopic (exact) mass is 639 g/mol. The molecule has 0 spiro atoms. The van der Waals surface area contributed by atoms with Gasteiger partial charge < -0.3 is 25.6 Å². The SMILES string of the molecule is COc1cc(C(=O)N2CCC(c3ccc(NC4CCC(=O)NC4=O)cc3)CC2)ccc1Nc1ncc(Cl)c(Nc2ccccc2)n1. The molecule has 11 nitrogen and oxygen atoms in total. The molecular weight excluding hydrogens is 606 g/mol. The first-order chi connectivity index (χ1) is 22.4. The second-order valence-electron chi connectivity index (χ2n) is 11.3. The van der Waals surface area contributed by atoms with E-state index in [4.69, 9.17) is 16.3 Å². The molecule has 2 aliphatic heterocycles. The molecule has 3 amide bonds. The lowest BCUT2D eigenvalue weighted by Gasteiger charge is -2.32. The van der Waals surface area contributed by atoms with E-state index in [0.29, 0.717) is 65.6 Å². The Kier molecular flexibility index (Phi) is 9.30. The van der Waals surface area contributed by atoms with Crippen LogP contribution in [0.2, 0.25) is 5.02 Å². The number of nitrogens with zero attached hydrogens (tertiary/aromatic N) is 3. The topological polar surface area (TPSA) is 138 Å². The van der Waals surface area contributed by atoms with E-state index in [0.717, 1.165) is 24.2 Å². The van der Waals surface area contributed by atoms with Crippen LogP contribution in [0.3, 0.4) is 0 Å². The molecule has 46 heavy (non-hydrogen) atoms. The van der Waals surface area contributed by atoms with Crippen LogP contribution in [-0.4, -0.2) is 58.8 Å². The number of para-hydroxylation sites is 1. The van der Waals surface area contributed by atoms with Gasteiger partial charge in [-0.1, -0.05) is 41.9 Å². The Morgan fingerprint density at radius 2 is 1.72 bits per heavy atom. The Bertz CT molecular complexity index is 1730. The van der Waals surface area contributed by atoms with Crippen molar-refractivity contribution in [2.45, 2.75) is 37.6 Å². The molecule has 3 aromatic carbocycles. The molecule has 4 N–H and O–H groups in total. The molecule has 2 saturated heterocycles. The number of benzene rings is 3. The summed E-state index contributed by atoms with van der Waals surface area (Å²) in [5.41, 5.74) is 4.03. The maximum absolute atomic E-state index is 13.5. The lowest BCUT2D eigenvalue weighted by atomic mass is 9.89. The van der Waals surface area contributed by atoms with Gasteiger partial charge in [-0.25, -0.2) is 4.98 Å². The molecule has 6 rings (SSSR count). The Morgan fingerprint density at radius 1 is 0.957 bits per heavy atom. The number of methoxy groups -OCH3 is 1. The third-order valence-corrected chi connectivity index (χ3v) is 8.50. The van der Waals surface area contributed by atoms with Crippen LogP contribution in [0.25, 0.3) is 0 Å². The Balaban J connectivity index is 1.05. The molecule has 0 radical (unpaired) electrons. The zero-order valence-electron chi connectivity index (χ0n) is 25.3. The summed E-state index contributed by atoms with van der Waals surface area (Å²) in [6, 6.07) is 22.5. The van der Waals surface area contributed by atoms with E-state index in [1.807, 2.05) is 47.4 Å². The number of imide groups is 1. The summed E-state index contributed by atoms with van der Waals surface area (Å²) in [6.07, 6.45) is 4.02. The van der Waals surface area contributed by atoms with E-state index < -0.39 is 6.04 Å². The Morgan fingerprint density at radius 3 is 2.43 bits per heavy atom. The first kappa shape index (κ1) is 30.8. The highest BCUT2D eigenvalue weighted by Gasteiger charge is 2.27. The van der Waals surface area contributed by atoms with Crippen molar-refractivity contribution in [2.24, 2.45) is 0 Å². The van der Waals surface area contributed by atoms with Crippen molar-refractivity contribution >= 4 is 58.2 Å². The molecule has 3 heterocycles. The molecular formula is C34H34ClN7O4. The van der Waals surface area contributed by atoms with Crippen LogP contribution < -0.4 is 26.0 Å². The minimum atomic E-state index is -0.415. The number of carbonyl (C=O) groups is 3. The number of piperidine rings is 2. The first-order valence-electron chi connectivity index (χ1n) is 15.2. The zero-order chi connectivity index (χ0) is 32.0. The number of anilines is 5. The number of likely N-dealkylation sites (tertiary alicyclic amines) is 1. The Labute approximate surface area is 271 Å². The highest BCUT2D eigenvalue weighted by molar-refractivity contribution is 6.32. The maximum Gasteiger partial charge on any atom is 0.253 e. The van der Waals surface area contributed by atoms with Crippen molar-refractivity contribution in [3.63, 3.8) is 0 Å². The molecule has 2 fully saturated rings. The first-order valence-corrected chi connectivity index (χ1v) is 15.5. The van der Waals surface area contributed by atoms with Crippen LogP contribution in [-0.2, 0) is 9.59 Å². The number of carbonyl (C=O) groups excluding carboxylic acids is 3. The molecule has 2 aliphatic rings. The van der Waals surface area contributed by atoms with Crippen molar-refractivity contribution in [2.75, 3.05) is 36.1 Å². The zero-order valence-corrected chi connectivity index (χ0v) is 26.0. The highest BCUT2D eigenvalue weighted by Crippen LogP contribution is 2.33. The second-order valence-corrected chi connectivity index (χ2v) is 11.7. The predicted molar refractivity (Wildman–Crippen MR) is 177 cm³/mol. The van der Waals surface area contributed by atoms with Crippen molar-refractivity contribution in [1.82, 2.24) is 20.2 Å². The van der Waals surface area contributed by atoms with E-state index in [1.54, 1.807) is 25.3 Å². The molecule has 4 aromatic rings. The quantitative estimate of drug-likeness (QED) is 0.166. The number of hydrogen-bond donors (Lipinski definition) is 4. The van der Waals surface area contributed by atoms with E-state index in [2.05, 4.69) is 43.4 Å². The lowest BCUT2D eigenvalue weighted by molar-refractivity contribution is -0.133. The summed E-state index contributed by atoms with van der Waals surface area (Å²) in [4.78, 5) is 47.6. The van der Waals surface area contributed by atoms with Gasteiger partial charge in [-0.05, 0) is 73.2 Å². The molecule has 0 bridgehead atoms. The molecule has 0 saturated carbocycles. The number of amides is 3. The fourth-order valence-corrected chi connectivity index (χ4v) is 5.84. The fourth-order valence-electron chi connectivity index (χ4n) is 5.70.